The summed E-state index contributed by atoms with van der Waals surface area (Å²) in [7, 11) is 0. The number of nitrogens with one attached hydrogen (secondary N) is 1. The van der Waals surface area contributed by atoms with Gasteiger partial charge in [-0.05, 0) is 42.8 Å². The normalized spacial score (nSPS) is 13.2. The SMILES string of the molecule is Cc1cc(F)ccc1-n1cc(C(=O)C(C#N)C(=O)Nc2ccc3c(c2)OCCO3)nn1. The average molecular weight is 421 g/mol. The van der Waals surface area contributed by atoms with Crippen LogP contribution in [0.1, 0.15) is 16.1 Å². The Kier molecular flexibility index (Phi) is 5.32. The van der Waals surface area contributed by atoms with E-state index in [1.165, 1.54) is 29.1 Å². The first-order chi connectivity index (χ1) is 15.0. The van der Waals surface area contributed by atoms with Gasteiger partial charge in [0.05, 0.1) is 18.0 Å². The minimum Gasteiger partial charge on any atom is -0.486 e. The van der Waals surface area contributed by atoms with Gasteiger partial charge in [-0.1, -0.05) is 5.21 Å². The van der Waals surface area contributed by atoms with Crippen molar-refractivity contribution >= 4 is 17.4 Å². The Balaban J connectivity index is 1.51. The minimum atomic E-state index is -1.63. The van der Waals surface area contributed by atoms with E-state index in [0.29, 0.717) is 41.7 Å². The molecule has 4 rings (SSSR count). The zero-order valence-electron chi connectivity index (χ0n) is 16.3. The molecule has 31 heavy (non-hydrogen) atoms. The molecule has 10 heteroatoms. The topological polar surface area (TPSA) is 119 Å². The third-order valence-electron chi connectivity index (χ3n) is 4.61. The second-order valence-corrected chi connectivity index (χ2v) is 6.75. The van der Waals surface area contributed by atoms with Crippen LogP contribution in [0.4, 0.5) is 10.1 Å². The van der Waals surface area contributed by atoms with Crippen molar-refractivity contribution < 1.29 is 23.5 Å². The molecule has 0 fully saturated rings. The van der Waals surface area contributed by atoms with E-state index < -0.39 is 23.4 Å². The summed E-state index contributed by atoms with van der Waals surface area (Å²) in [6.07, 6.45) is 1.30. The number of hydrogen-bond donors (Lipinski definition) is 1. The van der Waals surface area contributed by atoms with E-state index in [1.54, 1.807) is 31.2 Å². The maximum absolute atomic E-state index is 13.3. The molecule has 0 spiro atoms. The van der Waals surface area contributed by atoms with Crippen molar-refractivity contribution in [2.75, 3.05) is 18.5 Å². The number of carbonyl (C=O) groups is 2. The van der Waals surface area contributed by atoms with Crippen LogP contribution in [0.3, 0.4) is 0 Å². The summed E-state index contributed by atoms with van der Waals surface area (Å²) < 4.78 is 25.5. The van der Waals surface area contributed by atoms with Gasteiger partial charge in [0.1, 0.15) is 19.0 Å². The van der Waals surface area contributed by atoms with Gasteiger partial charge in [-0.3, -0.25) is 9.59 Å². The van der Waals surface area contributed by atoms with E-state index in [1.807, 2.05) is 0 Å². The Morgan fingerprint density at radius 3 is 2.71 bits per heavy atom. The Hall–Kier alpha value is -4.26. The molecule has 0 saturated carbocycles. The first-order valence-corrected chi connectivity index (χ1v) is 9.29. The number of hydrogen-bond acceptors (Lipinski definition) is 7. The smallest absolute Gasteiger partial charge is 0.249 e. The molecule has 1 atom stereocenters. The second-order valence-electron chi connectivity index (χ2n) is 6.75. The van der Waals surface area contributed by atoms with Crippen LogP contribution in [0.2, 0.25) is 0 Å². The molecule has 1 unspecified atom stereocenters. The molecule has 156 valence electrons. The Bertz CT molecular complexity index is 1220. The van der Waals surface area contributed by atoms with E-state index in [2.05, 4.69) is 15.6 Å². The molecule has 0 bridgehead atoms. The number of fused-ring (bicyclic) bond motifs is 1. The fourth-order valence-corrected chi connectivity index (χ4v) is 3.09. The third-order valence-corrected chi connectivity index (χ3v) is 4.61. The van der Waals surface area contributed by atoms with Crippen LogP contribution in [-0.4, -0.2) is 39.9 Å². The summed E-state index contributed by atoms with van der Waals surface area (Å²) in [5.41, 5.74) is 1.29. The first-order valence-electron chi connectivity index (χ1n) is 9.29. The molecule has 1 aromatic heterocycles. The molecular formula is C21H16FN5O4. The molecule has 2 heterocycles. The molecule has 0 aliphatic carbocycles. The van der Waals surface area contributed by atoms with Gasteiger partial charge in [0.15, 0.2) is 23.1 Å². The van der Waals surface area contributed by atoms with Gasteiger partial charge in [0.25, 0.3) is 0 Å². The van der Waals surface area contributed by atoms with Crippen molar-refractivity contribution in [2.24, 2.45) is 5.92 Å². The van der Waals surface area contributed by atoms with Gasteiger partial charge >= 0.3 is 0 Å². The molecule has 0 radical (unpaired) electrons. The highest BCUT2D eigenvalue weighted by Gasteiger charge is 2.30. The number of ether oxygens (including phenoxy) is 2. The molecule has 0 saturated heterocycles. The zero-order valence-corrected chi connectivity index (χ0v) is 16.3. The number of rotatable bonds is 5. The summed E-state index contributed by atoms with van der Waals surface area (Å²) in [4.78, 5) is 25.3. The van der Waals surface area contributed by atoms with Crippen LogP contribution >= 0.6 is 0 Å². The largest absolute Gasteiger partial charge is 0.486 e. The van der Waals surface area contributed by atoms with Crippen molar-refractivity contribution in [2.45, 2.75) is 6.92 Å². The molecule has 2 aromatic carbocycles. The van der Waals surface area contributed by atoms with Crippen molar-refractivity contribution in [1.29, 1.82) is 5.26 Å². The van der Waals surface area contributed by atoms with E-state index >= 15 is 0 Å². The van der Waals surface area contributed by atoms with E-state index in [4.69, 9.17) is 9.47 Å². The van der Waals surface area contributed by atoms with Crippen LogP contribution in [0.25, 0.3) is 5.69 Å². The van der Waals surface area contributed by atoms with Crippen LogP contribution in [0, 0.1) is 30.0 Å². The maximum atomic E-state index is 13.3. The molecule has 9 nitrogen and oxygen atoms in total. The highest BCUT2D eigenvalue weighted by atomic mass is 19.1. The summed E-state index contributed by atoms with van der Waals surface area (Å²) >= 11 is 0. The standard InChI is InChI=1S/C21H16FN5O4/c1-12-8-13(22)2-4-17(12)27-11-16(25-26-27)20(28)15(10-23)21(29)24-14-3-5-18-19(9-14)31-7-6-30-18/h2-5,8-9,11,15H,6-7H2,1H3,(H,24,29). The maximum Gasteiger partial charge on any atom is 0.249 e. The number of nitriles is 1. The van der Waals surface area contributed by atoms with Gasteiger partial charge in [0, 0.05) is 11.8 Å². The zero-order chi connectivity index (χ0) is 22.0. The van der Waals surface area contributed by atoms with Crippen LogP contribution in [0.15, 0.2) is 42.6 Å². The molecule has 1 aliphatic rings. The van der Waals surface area contributed by atoms with Gasteiger partial charge in [0.2, 0.25) is 11.7 Å². The van der Waals surface area contributed by atoms with E-state index in [9.17, 15) is 19.2 Å². The first kappa shape index (κ1) is 20.0. The van der Waals surface area contributed by atoms with Crippen LogP contribution < -0.4 is 14.8 Å². The number of benzene rings is 2. The fraction of sp³-hybridized carbons (Fsp3) is 0.190. The molecule has 3 aromatic rings. The van der Waals surface area contributed by atoms with Crippen molar-refractivity contribution in [3.05, 3.63) is 59.7 Å². The van der Waals surface area contributed by atoms with E-state index in [0.717, 1.165) is 0 Å². The van der Waals surface area contributed by atoms with Crippen molar-refractivity contribution in [3.63, 3.8) is 0 Å². The lowest BCUT2D eigenvalue weighted by Gasteiger charge is -2.19. The lowest BCUT2D eigenvalue weighted by atomic mass is 10.0. The summed E-state index contributed by atoms with van der Waals surface area (Å²) in [5.74, 6) is -2.64. The van der Waals surface area contributed by atoms with Gasteiger partial charge in [-0.25, -0.2) is 9.07 Å². The monoisotopic (exact) mass is 421 g/mol. The number of amides is 1. The number of Topliss-reactive ketones (excluding diaryl/α,β-unsaturated/α-hetero) is 1. The van der Waals surface area contributed by atoms with Gasteiger partial charge in [-0.15, -0.1) is 5.10 Å². The Morgan fingerprint density at radius 2 is 1.97 bits per heavy atom. The quantitative estimate of drug-likeness (QED) is 0.496. The van der Waals surface area contributed by atoms with Crippen LogP contribution in [-0.2, 0) is 4.79 Å². The Morgan fingerprint density at radius 1 is 1.19 bits per heavy atom. The molecular weight excluding hydrogens is 405 g/mol. The van der Waals surface area contributed by atoms with Crippen LogP contribution in [0.5, 0.6) is 11.5 Å². The van der Waals surface area contributed by atoms with Gasteiger partial charge in [-0.2, -0.15) is 5.26 Å². The summed E-state index contributed by atoms with van der Waals surface area (Å²) in [6, 6.07) is 10.5. The lowest BCUT2D eigenvalue weighted by Crippen LogP contribution is -2.29. The number of aryl methyl sites for hydroxylation is 1. The molecule has 1 amide bonds. The highest BCUT2D eigenvalue weighted by Crippen LogP contribution is 2.32. The third kappa shape index (κ3) is 4.06. The van der Waals surface area contributed by atoms with Crippen molar-refractivity contribution in [1.82, 2.24) is 15.0 Å². The Labute approximate surface area is 176 Å². The number of anilines is 1. The second kappa shape index (κ2) is 8.23. The van der Waals surface area contributed by atoms with Gasteiger partial charge < -0.3 is 14.8 Å². The summed E-state index contributed by atoms with van der Waals surface area (Å²) in [6.45, 7) is 2.50. The number of halogens is 1. The number of carbonyl (C=O) groups excluding carboxylic acids is 2. The van der Waals surface area contributed by atoms with E-state index in [-0.39, 0.29) is 5.69 Å². The minimum absolute atomic E-state index is 0.160. The summed E-state index contributed by atoms with van der Waals surface area (Å²) in [5, 5.41) is 19.6. The fourth-order valence-electron chi connectivity index (χ4n) is 3.09. The number of aromatic nitrogens is 3. The number of nitrogens with zero attached hydrogens (tertiary/aromatic N) is 4. The highest BCUT2D eigenvalue weighted by molar-refractivity contribution is 6.14. The number of ketones is 1. The predicted molar refractivity (Wildman–Crippen MR) is 106 cm³/mol. The molecule has 1 N–H and O–H groups in total. The van der Waals surface area contributed by atoms with Crippen molar-refractivity contribution in [3.8, 4) is 23.3 Å². The molecule has 1 aliphatic heterocycles. The lowest BCUT2D eigenvalue weighted by molar-refractivity contribution is -0.117. The average Bonchev–Trinajstić information content (AvgIpc) is 3.24. The predicted octanol–water partition coefficient (Wildman–Crippen LogP) is 2.45.